The summed E-state index contributed by atoms with van der Waals surface area (Å²) in [5.41, 5.74) is 3.06. The largest absolute Gasteiger partial charge is 0.392 e. The number of benzene rings is 1. The van der Waals surface area contributed by atoms with Crippen LogP contribution in [0.1, 0.15) is 37.9 Å². The molecule has 0 unspecified atom stereocenters. The second-order valence-corrected chi connectivity index (χ2v) is 7.44. The molecule has 1 aromatic heterocycles. The van der Waals surface area contributed by atoms with Gasteiger partial charge in [-0.1, -0.05) is 24.3 Å². The summed E-state index contributed by atoms with van der Waals surface area (Å²) in [4.78, 5) is 19.7. The molecule has 3 rings (SSSR count). The van der Waals surface area contributed by atoms with Gasteiger partial charge in [0, 0.05) is 13.1 Å². The zero-order valence-corrected chi connectivity index (χ0v) is 14.4. The molecular weight excluding hydrogens is 308 g/mol. The predicted molar refractivity (Wildman–Crippen MR) is 91.7 cm³/mol. The predicted octanol–water partition coefficient (Wildman–Crippen LogP) is 2.96. The average Bonchev–Trinajstić information content (AvgIpc) is 3.14. The Morgan fingerprint density at radius 2 is 2.00 bits per heavy atom. The van der Waals surface area contributed by atoms with Crippen molar-refractivity contribution in [2.24, 2.45) is 5.92 Å². The SMILES string of the molecule is Cc1nc(C)c(C(=O)N2CC[C@H](Cc3ccc(CO)cc3)C2)s1. The van der Waals surface area contributed by atoms with Gasteiger partial charge < -0.3 is 10.0 Å². The van der Waals surface area contributed by atoms with E-state index in [0.717, 1.165) is 47.1 Å². The minimum atomic E-state index is 0.0829. The molecule has 0 radical (unpaired) electrons. The first-order valence-corrected chi connectivity index (χ1v) is 8.80. The Labute approximate surface area is 140 Å². The summed E-state index contributed by atoms with van der Waals surface area (Å²) in [7, 11) is 0. The Hall–Kier alpha value is -1.72. The van der Waals surface area contributed by atoms with Crippen molar-refractivity contribution in [2.75, 3.05) is 13.1 Å². The van der Waals surface area contributed by atoms with Crippen LogP contribution in [-0.4, -0.2) is 34.0 Å². The maximum Gasteiger partial charge on any atom is 0.265 e. The summed E-state index contributed by atoms with van der Waals surface area (Å²) in [6, 6.07) is 8.09. The van der Waals surface area contributed by atoms with Crippen LogP contribution in [0.25, 0.3) is 0 Å². The Balaban J connectivity index is 1.61. The maximum atomic E-state index is 12.6. The fraction of sp³-hybridized carbons (Fsp3) is 0.444. The summed E-state index contributed by atoms with van der Waals surface area (Å²) in [6.07, 6.45) is 2.03. The summed E-state index contributed by atoms with van der Waals surface area (Å²) in [5, 5.41) is 10.0. The second kappa shape index (κ2) is 6.81. The van der Waals surface area contributed by atoms with Crippen LogP contribution >= 0.6 is 11.3 Å². The molecule has 1 aliphatic rings. The molecule has 2 heterocycles. The highest BCUT2D eigenvalue weighted by molar-refractivity contribution is 7.13. The second-order valence-electron chi connectivity index (χ2n) is 6.23. The van der Waals surface area contributed by atoms with Crippen LogP contribution in [-0.2, 0) is 13.0 Å². The molecule has 23 heavy (non-hydrogen) atoms. The number of aliphatic hydroxyl groups excluding tert-OH is 1. The van der Waals surface area contributed by atoms with Crippen LogP contribution in [0.15, 0.2) is 24.3 Å². The lowest BCUT2D eigenvalue weighted by Gasteiger charge is -2.16. The lowest BCUT2D eigenvalue weighted by atomic mass is 9.98. The van der Waals surface area contributed by atoms with Gasteiger partial charge in [-0.3, -0.25) is 4.79 Å². The zero-order valence-electron chi connectivity index (χ0n) is 13.6. The van der Waals surface area contributed by atoms with Crippen LogP contribution in [0.5, 0.6) is 0 Å². The third-order valence-corrected chi connectivity index (χ3v) is 5.46. The summed E-state index contributed by atoms with van der Waals surface area (Å²) < 4.78 is 0. The summed E-state index contributed by atoms with van der Waals surface area (Å²) in [6.45, 7) is 5.58. The first-order chi connectivity index (χ1) is 11.1. The molecule has 1 aliphatic heterocycles. The quantitative estimate of drug-likeness (QED) is 0.938. The van der Waals surface area contributed by atoms with E-state index >= 15 is 0 Å². The standard InChI is InChI=1S/C18H22N2O2S/c1-12-17(23-13(2)19-12)18(22)20-8-7-16(10-20)9-14-3-5-15(11-21)6-4-14/h3-6,16,21H,7-11H2,1-2H3/t16-/m1/s1. The smallest absolute Gasteiger partial charge is 0.265 e. The number of carbonyl (C=O) groups excluding carboxylic acids is 1. The van der Waals surface area contributed by atoms with Crippen molar-refractivity contribution < 1.29 is 9.90 Å². The lowest BCUT2D eigenvalue weighted by molar-refractivity contribution is 0.0791. The highest BCUT2D eigenvalue weighted by Crippen LogP contribution is 2.25. The molecule has 1 atom stereocenters. The van der Waals surface area contributed by atoms with Gasteiger partial charge >= 0.3 is 0 Å². The van der Waals surface area contributed by atoms with Gasteiger partial charge in [-0.05, 0) is 43.7 Å². The molecule has 0 saturated carbocycles. The Kier molecular flexibility index (Phi) is 4.78. The molecule has 1 N–H and O–H groups in total. The number of hydrogen-bond acceptors (Lipinski definition) is 4. The highest BCUT2D eigenvalue weighted by Gasteiger charge is 2.29. The van der Waals surface area contributed by atoms with Crippen molar-refractivity contribution >= 4 is 17.2 Å². The fourth-order valence-electron chi connectivity index (χ4n) is 3.17. The lowest BCUT2D eigenvalue weighted by Crippen LogP contribution is -2.28. The monoisotopic (exact) mass is 330 g/mol. The van der Waals surface area contributed by atoms with Crippen molar-refractivity contribution in [1.82, 2.24) is 9.88 Å². The Morgan fingerprint density at radius 3 is 2.61 bits per heavy atom. The van der Waals surface area contributed by atoms with Crippen LogP contribution in [0.3, 0.4) is 0 Å². The van der Waals surface area contributed by atoms with E-state index in [2.05, 4.69) is 17.1 Å². The number of aryl methyl sites for hydroxylation is 2. The van der Waals surface area contributed by atoms with E-state index in [4.69, 9.17) is 5.11 Å². The number of aromatic nitrogens is 1. The number of likely N-dealkylation sites (tertiary alicyclic amines) is 1. The van der Waals surface area contributed by atoms with Crippen molar-refractivity contribution in [2.45, 2.75) is 33.3 Å². The molecule has 0 bridgehead atoms. The molecule has 0 spiro atoms. The number of thiazole rings is 1. The van der Waals surface area contributed by atoms with Crippen LogP contribution in [0.2, 0.25) is 0 Å². The fourth-order valence-corrected chi connectivity index (χ4v) is 4.06. The minimum Gasteiger partial charge on any atom is -0.392 e. The molecular formula is C18H22N2O2S. The van der Waals surface area contributed by atoms with E-state index < -0.39 is 0 Å². The normalized spacial score (nSPS) is 17.7. The average molecular weight is 330 g/mol. The summed E-state index contributed by atoms with van der Waals surface area (Å²) >= 11 is 1.49. The van der Waals surface area contributed by atoms with Crippen LogP contribution in [0, 0.1) is 19.8 Å². The molecule has 4 nitrogen and oxygen atoms in total. The van der Waals surface area contributed by atoms with E-state index in [-0.39, 0.29) is 12.5 Å². The minimum absolute atomic E-state index is 0.0829. The third kappa shape index (κ3) is 3.62. The van der Waals surface area contributed by atoms with Crippen molar-refractivity contribution in [3.05, 3.63) is 51.0 Å². The third-order valence-electron chi connectivity index (χ3n) is 4.40. The number of rotatable bonds is 4. The van der Waals surface area contributed by atoms with E-state index in [1.54, 1.807) is 0 Å². The van der Waals surface area contributed by atoms with E-state index in [1.807, 2.05) is 30.9 Å². The number of hydrogen-bond donors (Lipinski definition) is 1. The molecule has 2 aromatic rings. The van der Waals surface area contributed by atoms with E-state index in [1.165, 1.54) is 16.9 Å². The molecule has 1 saturated heterocycles. The number of amides is 1. The first-order valence-electron chi connectivity index (χ1n) is 7.99. The number of carbonyl (C=O) groups is 1. The number of aliphatic hydroxyl groups is 1. The first kappa shape index (κ1) is 16.1. The zero-order chi connectivity index (χ0) is 16.4. The molecule has 5 heteroatoms. The van der Waals surface area contributed by atoms with Gasteiger partial charge in [0.2, 0.25) is 0 Å². The molecule has 1 aromatic carbocycles. The van der Waals surface area contributed by atoms with Gasteiger partial charge in [0.15, 0.2) is 0 Å². The van der Waals surface area contributed by atoms with Gasteiger partial charge in [0.1, 0.15) is 4.88 Å². The van der Waals surface area contributed by atoms with Crippen molar-refractivity contribution in [3.8, 4) is 0 Å². The molecule has 1 amide bonds. The van der Waals surface area contributed by atoms with Crippen LogP contribution < -0.4 is 0 Å². The topological polar surface area (TPSA) is 53.4 Å². The molecule has 122 valence electrons. The molecule has 0 aliphatic carbocycles. The van der Waals surface area contributed by atoms with Gasteiger partial charge in [0.05, 0.1) is 17.3 Å². The van der Waals surface area contributed by atoms with E-state index in [9.17, 15) is 4.79 Å². The van der Waals surface area contributed by atoms with Crippen molar-refractivity contribution in [3.63, 3.8) is 0 Å². The summed E-state index contributed by atoms with van der Waals surface area (Å²) in [5.74, 6) is 0.638. The van der Waals surface area contributed by atoms with Gasteiger partial charge in [-0.25, -0.2) is 4.98 Å². The van der Waals surface area contributed by atoms with Crippen LogP contribution in [0.4, 0.5) is 0 Å². The van der Waals surface area contributed by atoms with Crippen molar-refractivity contribution in [1.29, 1.82) is 0 Å². The molecule has 1 fully saturated rings. The Morgan fingerprint density at radius 1 is 1.30 bits per heavy atom. The van der Waals surface area contributed by atoms with Gasteiger partial charge in [-0.2, -0.15) is 0 Å². The Bertz CT molecular complexity index is 694. The van der Waals surface area contributed by atoms with E-state index in [0.29, 0.717) is 5.92 Å². The maximum absolute atomic E-state index is 12.6. The highest BCUT2D eigenvalue weighted by atomic mass is 32.1. The van der Waals surface area contributed by atoms with Gasteiger partial charge in [-0.15, -0.1) is 11.3 Å². The van der Waals surface area contributed by atoms with Gasteiger partial charge in [0.25, 0.3) is 5.91 Å². The number of nitrogens with zero attached hydrogens (tertiary/aromatic N) is 2.